The number of pyridine rings is 1. The average molecular weight is 497 g/mol. The van der Waals surface area contributed by atoms with Crippen LogP contribution >= 0.6 is 0 Å². The van der Waals surface area contributed by atoms with Gasteiger partial charge in [-0.1, -0.05) is 109 Å². The quantitative estimate of drug-likeness (QED) is 0.222. The lowest BCUT2D eigenvalue weighted by atomic mass is 10.00. The van der Waals surface area contributed by atoms with E-state index >= 15 is 0 Å². The maximum atomic E-state index is 5.11. The summed E-state index contributed by atoms with van der Waals surface area (Å²) in [4.78, 5) is 5.11. The Morgan fingerprint density at radius 3 is 1.46 bits per heavy atom. The van der Waals surface area contributed by atoms with E-state index in [-0.39, 0.29) is 0 Å². The lowest BCUT2D eigenvalue weighted by Crippen LogP contribution is -1.95. The summed E-state index contributed by atoms with van der Waals surface area (Å²) >= 11 is 0. The highest BCUT2D eigenvalue weighted by Crippen LogP contribution is 2.39. The number of hydrogen-bond donors (Lipinski definition) is 0. The van der Waals surface area contributed by atoms with E-state index < -0.39 is 0 Å². The van der Waals surface area contributed by atoms with E-state index in [1.54, 1.807) is 0 Å². The van der Waals surface area contributed by atoms with Crippen LogP contribution in [0.25, 0.3) is 71.9 Å². The molecular weight excluding hydrogens is 472 g/mol. The second-order valence-electron chi connectivity index (χ2n) is 10.1. The van der Waals surface area contributed by atoms with Crippen LogP contribution in [0.4, 0.5) is 0 Å². The van der Waals surface area contributed by atoms with Gasteiger partial charge in [0.2, 0.25) is 0 Å². The third-order valence-electron chi connectivity index (χ3n) is 7.75. The Labute approximate surface area is 226 Å². The summed E-state index contributed by atoms with van der Waals surface area (Å²) in [5.74, 6) is 0. The molecule has 2 aromatic heterocycles. The van der Waals surface area contributed by atoms with E-state index in [1.165, 1.54) is 38.1 Å². The molecule has 0 atom stereocenters. The number of aromatic nitrogens is 2. The van der Waals surface area contributed by atoms with Gasteiger partial charge in [0, 0.05) is 27.6 Å². The minimum atomic E-state index is 0.968. The standard InChI is InChI=1S/C37H24N2/c1-3-9-25(10-4-1)30-23-32(26-11-5-2-6-12-26)38-33(24-30)27-19-21-31(22-20-27)39-34-15-7-13-28-17-18-29-14-8-16-35(39)37(29)36(28)34/h1-24H. The van der Waals surface area contributed by atoms with Crippen molar-refractivity contribution in [2.24, 2.45) is 0 Å². The van der Waals surface area contributed by atoms with Crippen LogP contribution in [0.1, 0.15) is 0 Å². The fraction of sp³-hybridized carbons (Fsp3) is 0. The summed E-state index contributed by atoms with van der Waals surface area (Å²) in [7, 11) is 0. The average Bonchev–Trinajstić information content (AvgIpc) is 3.36. The minimum absolute atomic E-state index is 0.968. The van der Waals surface area contributed by atoms with Crippen molar-refractivity contribution in [3.63, 3.8) is 0 Å². The lowest BCUT2D eigenvalue weighted by molar-refractivity contribution is 1.18. The van der Waals surface area contributed by atoms with E-state index in [1.807, 2.05) is 6.07 Å². The molecule has 0 saturated carbocycles. The molecule has 0 aliphatic carbocycles. The largest absolute Gasteiger partial charge is 0.309 e. The van der Waals surface area contributed by atoms with Crippen LogP contribution in [0.2, 0.25) is 0 Å². The van der Waals surface area contributed by atoms with Crippen molar-refractivity contribution in [3.05, 3.63) is 146 Å². The molecule has 8 aromatic rings. The normalized spacial score (nSPS) is 11.6. The minimum Gasteiger partial charge on any atom is -0.309 e. The van der Waals surface area contributed by atoms with Crippen LogP contribution in [0.5, 0.6) is 0 Å². The van der Waals surface area contributed by atoms with Gasteiger partial charge < -0.3 is 4.57 Å². The second-order valence-corrected chi connectivity index (χ2v) is 10.1. The Balaban J connectivity index is 1.29. The molecule has 0 amide bonds. The first kappa shape index (κ1) is 21.8. The first-order valence-electron chi connectivity index (χ1n) is 13.3. The van der Waals surface area contributed by atoms with Gasteiger partial charge in [0.15, 0.2) is 0 Å². The van der Waals surface area contributed by atoms with Crippen LogP contribution in [0.3, 0.4) is 0 Å². The van der Waals surface area contributed by atoms with Crippen molar-refractivity contribution in [1.29, 1.82) is 0 Å². The smallest absolute Gasteiger partial charge is 0.0715 e. The maximum Gasteiger partial charge on any atom is 0.0715 e. The van der Waals surface area contributed by atoms with Gasteiger partial charge in [-0.2, -0.15) is 0 Å². The van der Waals surface area contributed by atoms with Gasteiger partial charge in [-0.15, -0.1) is 0 Å². The highest BCUT2D eigenvalue weighted by atomic mass is 15.0. The van der Waals surface area contributed by atoms with Crippen molar-refractivity contribution < 1.29 is 0 Å². The molecule has 0 unspecified atom stereocenters. The molecule has 0 aliphatic heterocycles. The predicted octanol–water partition coefficient (Wildman–Crippen LogP) is 9.77. The number of nitrogens with zero attached hydrogens (tertiary/aromatic N) is 2. The molecule has 39 heavy (non-hydrogen) atoms. The summed E-state index contributed by atoms with van der Waals surface area (Å²) in [5.41, 5.74) is 10.1. The summed E-state index contributed by atoms with van der Waals surface area (Å²) in [6.45, 7) is 0. The Bertz CT molecular complexity index is 1960. The van der Waals surface area contributed by atoms with Crippen LogP contribution in [0, 0.1) is 0 Å². The molecule has 0 radical (unpaired) electrons. The first-order valence-corrected chi connectivity index (χ1v) is 13.3. The topological polar surface area (TPSA) is 17.8 Å². The van der Waals surface area contributed by atoms with Crippen molar-refractivity contribution >= 4 is 32.6 Å². The van der Waals surface area contributed by atoms with Gasteiger partial charge in [0.1, 0.15) is 0 Å². The third-order valence-corrected chi connectivity index (χ3v) is 7.75. The van der Waals surface area contributed by atoms with Gasteiger partial charge in [0.05, 0.1) is 22.4 Å². The monoisotopic (exact) mass is 496 g/mol. The van der Waals surface area contributed by atoms with Gasteiger partial charge >= 0.3 is 0 Å². The van der Waals surface area contributed by atoms with E-state index in [0.29, 0.717) is 0 Å². The molecule has 2 nitrogen and oxygen atoms in total. The van der Waals surface area contributed by atoms with Crippen LogP contribution < -0.4 is 0 Å². The van der Waals surface area contributed by atoms with E-state index in [4.69, 9.17) is 4.98 Å². The Hall–Kier alpha value is -5.21. The zero-order valence-electron chi connectivity index (χ0n) is 21.3. The molecule has 0 bridgehead atoms. The van der Waals surface area contributed by atoms with Crippen LogP contribution in [-0.2, 0) is 0 Å². The molecule has 0 fully saturated rings. The van der Waals surface area contributed by atoms with E-state index in [0.717, 1.165) is 33.8 Å². The molecule has 0 saturated heterocycles. The summed E-state index contributed by atoms with van der Waals surface area (Å²) < 4.78 is 2.39. The second kappa shape index (κ2) is 8.68. The van der Waals surface area contributed by atoms with Crippen molar-refractivity contribution in [1.82, 2.24) is 9.55 Å². The number of benzene rings is 6. The fourth-order valence-corrected chi connectivity index (χ4v) is 5.91. The molecule has 6 aromatic carbocycles. The van der Waals surface area contributed by atoms with Crippen LogP contribution in [0.15, 0.2) is 146 Å². The molecule has 182 valence electrons. The molecule has 2 heteroatoms. The molecule has 0 aliphatic rings. The highest BCUT2D eigenvalue weighted by Gasteiger charge is 2.16. The first-order chi connectivity index (χ1) is 19.3. The van der Waals surface area contributed by atoms with Crippen molar-refractivity contribution in [3.8, 4) is 39.3 Å². The zero-order valence-corrected chi connectivity index (χ0v) is 21.3. The SMILES string of the molecule is c1ccc(-c2cc(-c3ccccc3)nc(-c3ccc(-n4c5cccc6ccc7cccc4c7c65)cc3)c2)cc1. The third kappa shape index (κ3) is 3.53. The fourth-order valence-electron chi connectivity index (χ4n) is 5.91. The van der Waals surface area contributed by atoms with Crippen LogP contribution in [-0.4, -0.2) is 9.55 Å². The maximum absolute atomic E-state index is 5.11. The van der Waals surface area contributed by atoms with Crippen molar-refractivity contribution in [2.75, 3.05) is 0 Å². The Kier molecular flexibility index (Phi) is 4.86. The molecule has 0 spiro atoms. The molecule has 8 rings (SSSR count). The lowest BCUT2D eigenvalue weighted by Gasteiger charge is -2.12. The van der Waals surface area contributed by atoms with Crippen molar-refractivity contribution in [2.45, 2.75) is 0 Å². The molecule has 0 N–H and O–H groups in total. The van der Waals surface area contributed by atoms with E-state index in [9.17, 15) is 0 Å². The zero-order chi connectivity index (χ0) is 25.8. The van der Waals surface area contributed by atoms with Gasteiger partial charge in [0.25, 0.3) is 0 Å². The Morgan fingerprint density at radius 1 is 0.385 bits per heavy atom. The molecule has 2 heterocycles. The van der Waals surface area contributed by atoms with Gasteiger partial charge in [-0.3, -0.25) is 0 Å². The number of hydrogen-bond acceptors (Lipinski definition) is 1. The number of rotatable bonds is 4. The summed E-state index contributed by atoms with van der Waals surface area (Å²) in [6.07, 6.45) is 0. The Morgan fingerprint density at radius 2 is 0.897 bits per heavy atom. The van der Waals surface area contributed by atoms with E-state index in [2.05, 4.69) is 144 Å². The molecular formula is C37H24N2. The summed E-state index contributed by atoms with van der Waals surface area (Å²) in [6, 6.07) is 51.8. The van der Waals surface area contributed by atoms with Gasteiger partial charge in [-0.05, 0) is 58.3 Å². The van der Waals surface area contributed by atoms with Gasteiger partial charge in [-0.25, -0.2) is 4.98 Å². The summed E-state index contributed by atoms with van der Waals surface area (Å²) in [5, 5.41) is 5.22. The predicted molar refractivity (Wildman–Crippen MR) is 164 cm³/mol. The highest BCUT2D eigenvalue weighted by molar-refractivity contribution is 6.24.